The van der Waals surface area contributed by atoms with E-state index in [4.69, 9.17) is 4.74 Å². The van der Waals surface area contributed by atoms with Gasteiger partial charge in [-0.1, -0.05) is 0 Å². The lowest BCUT2D eigenvalue weighted by atomic mass is 10.1. The quantitative estimate of drug-likeness (QED) is 0.828. The van der Waals surface area contributed by atoms with E-state index in [2.05, 4.69) is 31.6 Å². The number of hydrogen-bond donors (Lipinski definition) is 0. The van der Waals surface area contributed by atoms with Crippen LogP contribution in [0.1, 0.15) is 25.3 Å². The van der Waals surface area contributed by atoms with Crippen molar-refractivity contribution < 1.29 is 4.74 Å². The van der Waals surface area contributed by atoms with Crippen LogP contribution < -0.4 is 4.90 Å². The standard InChI is InChI=1S/C17H27N5O/c1-14-11-21-4-2-3-16(21)13-22(14)12-15-9-18-17(19-10-15)20-5-7-23-8-6-20/h9-10,14,16H,2-8,11-13H2,1H3/t14-,16+/m0/s1. The van der Waals surface area contributed by atoms with Crippen molar-refractivity contribution >= 4 is 5.95 Å². The van der Waals surface area contributed by atoms with E-state index in [1.807, 2.05) is 12.4 Å². The van der Waals surface area contributed by atoms with E-state index < -0.39 is 0 Å². The second-order valence-corrected chi connectivity index (χ2v) is 7.06. The summed E-state index contributed by atoms with van der Waals surface area (Å²) in [6.07, 6.45) is 6.73. The molecule has 0 unspecified atom stereocenters. The van der Waals surface area contributed by atoms with Crippen molar-refractivity contribution in [3.63, 3.8) is 0 Å². The molecule has 0 aliphatic carbocycles. The Morgan fingerprint density at radius 2 is 1.91 bits per heavy atom. The van der Waals surface area contributed by atoms with E-state index in [1.165, 1.54) is 38.0 Å². The highest BCUT2D eigenvalue weighted by Crippen LogP contribution is 2.25. The van der Waals surface area contributed by atoms with Crippen LogP contribution in [0.4, 0.5) is 5.95 Å². The van der Waals surface area contributed by atoms with Crippen LogP contribution in [-0.2, 0) is 11.3 Å². The van der Waals surface area contributed by atoms with Crippen LogP contribution in [0.3, 0.4) is 0 Å². The van der Waals surface area contributed by atoms with Gasteiger partial charge in [0.2, 0.25) is 5.95 Å². The van der Waals surface area contributed by atoms with Gasteiger partial charge in [-0.05, 0) is 26.3 Å². The van der Waals surface area contributed by atoms with Crippen molar-refractivity contribution in [2.45, 2.75) is 38.4 Å². The highest BCUT2D eigenvalue weighted by Gasteiger charge is 2.34. The number of hydrogen-bond acceptors (Lipinski definition) is 6. The second kappa shape index (κ2) is 6.71. The molecule has 1 aromatic heterocycles. The topological polar surface area (TPSA) is 44.7 Å². The van der Waals surface area contributed by atoms with Crippen molar-refractivity contribution in [2.75, 3.05) is 50.8 Å². The average molecular weight is 317 g/mol. The largest absolute Gasteiger partial charge is 0.378 e. The number of rotatable bonds is 3. The molecule has 3 aliphatic heterocycles. The van der Waals surface area contributed by atoms with E-state index in [9.17, 15) is 0 Å². The molecule has 2 atom stereocenters. The number of anilines is 1. The Balaban J connectivity index is 1.38. The molecule has 23 heavy (non-hydrogen) atoms. The van der Waals surface area contributed by atoms with Crippen molar-refractivity contribution in [2.24, 2.45) is 0 Å². The molecule has 0 radical (unpaired) electrons. The van der Waals surface area contributed by atoms with Crippen LogP contribution in [0.25, 0.3) is 0 Å². The first-order valence-corrected chi connectivity index (χ1v) is 8.91. The number of aromatic nitrogens is 2. The van der Waals surface area contributed by atoms with Crippen LogP contribution in [0, 0.1) is 0 Å². The zero-order valence-electron chi connectivity index (χ0n) is 14.0. The molecule has 0 N–H and O–H groups in total. The molecule has 3 fully saturated rings. The predicted octanol–water partition coefficient (Wildman–Crippen LogP) is 0.982. The van der Waals surface area contributed by atoms with Crippen molar-refractivity contribution in [1.82, 2.24) is 19.8 Å². The first-order chi connectivity index (χ1) is 11.3. The zero-order valence-corrected chi connectivity index (χ0v) is 14.0. The maximum atomic E-state index is 5.38. The van der Waals surface area contributed by atoms with Gasteiger partial charge in [0.15, 0.2) is 0 Å². The fourth-order valence-electron chi connectivity index (χ4n) is 4.06. The van der Waals surface area contributed by atoms with E-state index in [0.717, 1.165) is 44.8 Å². The Labute approximate surface area is 138 Å². The number of fused-ring (bicyclic) bond motifs is 1. The van der Waals surface area contributed by atoms with E-state index in [1.54, 1.807) is 0 Å². The minimum atomic E-state index is 0.614. The number of ether oxygens (including phenoxy) is 1. The molecule has 6 nitrogen and oxygen atoms in total. The summed E-state index contributed by atoms with van der Waals surface area (Å²) in [6.45, 7) is 10.3. The fourth-order valence-corrected chi connectivity index (χ4v) is 4.06. The van der Waals surface area contributed by atoms with Gasteiger partial charge >= 0.3 is 0 Å². The molecule has 4 rings (SSSR count). The van der Waals surface area contributed by atoms with Crippen LogP contribution in [0.5, 0.6) is 0 Å². The molecule has 0 amide bonds. The van der Waals surface area contributed by atoms with Crippen molar-refractivity contribution in [1.29, 1.82) is 0 Å². The lowest BCUT2D eigenvalue weighted by Gasteiger charge is -2.42. The molecule has 0 saturated carbocycles. The summed E-state index contributed by atoms with van der Waals surface area (Å²) in [5.74, 6) is 0.839. The lowest BCUT2D eigenvalue weighted by Crippen LogP contribution is -2.54. The van der Waals surface area contributed by atoms with Gasteiger partial charge in [0.05, 0.1) is 13.2 Å². The third kappa shape index (κ3) is 3.34. The molecule has 1 aromatic rings. The molecule has 0 spiro atoms. The normalized spacial score (nSPS) is 29.7. The average Bonchev–Trinajstić information content (AvgIpc) is 3.04. The van der Waals surface area contributed by atoms with Gasteiger partial charge in [-0.3, -0.25) is 9.80 Å². The summed E-state index contributed by atoms with van der Waals surface area (Å²) in [5, 5.41) is 0. The fraction of sp³-hybridized carbons (Fsp3) is 0.765. The smallest absolute Gasteiger partial charge is 0.225 e. The summed E-state index contributed by atoms with van der Waals surface area (Å²) in [6, 6.07) is 1.38. The number of nitrogens with zero attached hydrogens (tertiary/aromatic N) is 5. The van der Waals surface area contributed by atoms with Gasteiger partial charge < -0.3 is 9.64 Å². The molecule has 0 bridgehead atoms. The summed E-state index contributed by atoms with van der Waals surface area (Å²) < 4.78 is 5.38. The number of morpholine rings is 1. The molecule has 0 aromatic carbocycles. The lowest BCUT2D eigenvalue weighted by molar-refractivity contribution is 0.0539. The summed E-state index contributed by atoms with van der Waals surface area (Å²) >= 11 is 0. The predicted molar refractivity (Wildman–Crippen MR) is 89.5 cm³/mol. The highest BCUT2D eigenvalue weighted by atomic mass is 16.5. The monoisotopic (exact) mass is 317 g/mol. The summed E-state index contributed by atoms with van der Waals surface area (Å²) in [7, 11) is 0. The highest BCUT2D eigenvalue weighted by molar-refractivity contribution is 5.30. The van der Waals surface area contributed by atoms with E-state index in [0.29, 0.717) is 6.04 Å². The number of piperazine rings is 1. The maximum Gasteiger partial charge on any atom is 0.225 e. The minimum absolute atomic E-state index is 0.614. The van der Waals surface area contributed by atoms with Crippen molar-refractivity contribution in [3.05, 3.63) is 18.0 Å². The van der Waals surface area contributed by atoms with E-state index >= 15 is 0 Å². The Morgan fingerprint density at radius 3 is 2.70 bits per heavy atom. The van der Waals surface area contributed by atoms with Gasteiger partial charge in [-0.25, -0.2) is 9.97 Å². The van der Waals surface area contributed by atoms with Gasteiger partial charge in [-0.15, -0.1) is 0 Å². The first kappa shape index (κ1) is 15.3. The zero-order chi connectivity index (χ0) is 15.6. The second-order valence-electron chi connectivity index (χ2n) is 7.06. The molecule has 3 aliphatic rings. The van der Waals surface area contributed by atoms with Crippen molar-refractivity contribution in [3.8, 4) is 0 Å². The SMILES string of the molecule is C[C@H]1CN2CCC[C@@H]2CN1Cc1cnc(N2CCOCC2)nc1. The summed E-state index contributed by atoms with van der Waals surface area (Å²) in [4.78, 5) is 16.6. The Kier molecular flexibility index (Phi) is 4.46. The maximum absolute atomic E-state index is 5.38. The van der Waals surface area contributed by atoms with Gasteiger partial charge in [0.25, 0.3) is 0 Å². The summed E-state index contributed by atoms with van der Waals surface area (Å²) in [5.41, 5.74) is 1.22. The Hall–Kier alpha value is -1.24. The Bertz CT molecular complexity index is 516. The van der Waals surface area contributed by atoms with Crippen LogP contribution in [-0.4, -0.2) is 77.8 Å². The molecule has 4 heterocycles. The Morgan fingerprint density at radius 1 is 1.13 bits per heavy atom. The third-order valence-electron chi connectivity index (χ3n) is 5.44. The van der Waals surface area contributed by atoms with E-state index in [-0.39, 0.29) is 0 Å². The minimum Gasteiger partial charge on any atom is -0.378 e. The van der Waals surface area contributed by atoms with Crippen LogP contribution >= 0.6 is 0 Å². The third-order valence-corrected chi connectivity index (χ3v) is 5.44. The van der Waals surface area contributed by atoms with Gasteiger partial charge in [-0.2, -0.15) is 0 Å². The molecular weight excluding hydrogens is 290 g/mol. The van der Waals surface area contributed by atoms with Crippen LogP contribution in [0.15, 0.2) is 12.4 Å². The molecule has 3 saturated heterocycles. The molecule has 6 heteroatoms. The molecule has 126 valence electrons. The van der Waals surface area contributed by atoms with Gasteiger partial charge in [0.1, 0.15) is 0 Å². The molecular formula is C17H27N5O. The van der Waals surface area contributed by atoms with Crippen LogP contribution in [0.2, 0.25) is 0 Å². The van der Waals surface area contributed by atoms with Gasteiger partial charge in [0, 0.05) is 62.8 Å². The first-order valence-electron chi connectivity index (χ1n) is 8.91.